The number of hydrogen-bond acceptors (Lipinski definition) is 3. The molecule has 0 atom stereocenters. The van der Waals surface area contributed by atoms with Crippen LogP contribution in [0.4, 0.5) is 0 Å². The Morgan fingerprint density at radius 2 is 2.27 bits per heavy atom. The van der Waals surface area contributed by atoms with Gasteiger partial charge in [0.05, 0.1) is 0 Å². The third-order valence-electron chi connectivity index (χ3n) is 1.25. The van der Waals surface area contributed by atoms with E-state index in [1.165, 1.54) is 21.9 Å². The topological polar surface area (TPSA) is 0 Å². The lowest BCUT2D eigenvalue weighted by Gasteiger charge is -1.91. The Hall–Kier alpha value is 0.400. The molecule has 1 heterocycles. The van der Waals surface area contributed by atoms with Crippen molar-refractivity contribution in [3.05, 3.63) is 16.3 Å². The van der Waals surface area contributed by atoms with Crippen molar-refractivity contribution in [3.63, 3.8) is 0 Å². The fraction of sp³-hybridized carbons (Fsp3) is 0.500. The summed E-state index contributed by atoms with van der Waals surface area (Å²) in [6, 6.07) is 2.29. The van der Waals surface area contributed by atoms with Gasteiger partial charge >= 0.3 is 0 Å². The van der Waals surface area contributed by atoms with Gasteiger partial charge in [-0.1, -0.05) is 35.4 Å². The van der Waals surface area contributed by atoms with E-state index in [4.69, 9.17) is 0 Å². The second kappa shape index (κ2) is 5.12. The van der Waals surface area contributed by atoms with Gasteiger partial charge in [0.25, 0.3) is 0 Å². The van der Waals surface area contributed by atoms with Crippen molar-refractivity contribution in [2.24, 2.45) is 0 Å². The summed E-state index contributed by atoms with van der Waals surface area (Å²) in [6.07, 6.45) is 1.17. The molecular formula is C8H12S3. The lowest BCUT2D eigenvalue weighted by atomic mass is 10.4. The quantitative estimate of drug-likeness (QED) is 0.678. The van der Waals surface area contributed by atoms with Crippen LogP contribution in [0.2, 0.25) is 0 Å². The van der Waals surface area contributed by atoms with Crippen LogP contribution in [0.5, 0.6) is 0 Å². The zero-order valence-corrected chi connectivity index (χ0v) is 9.24. The van der Waals surface area contributed by atoms with Crippen molar-refractivity contribution >= 4 is 32.9 Å². The summed E-state index contributed by atoms with van der Waals surface area (Å²) < 4.78 is 0. The van der Waals surface area contributed by atoms with E-state index in [9.17, 15) is 0 Å². The zero-order valence-electron chi connectivity index (χ0n) is 6.79. The molecule has 1 aromatic heterocycles. The predicted octanol–water partition coefficient (Wildman–Crippen LogP) is 4.07. The average Bonchev–Trinajstić information content (AvgIpc) is 2.48. The first-order valence-corrected chi connectivity index (χ1v) is 6.93. The molecule has 0 aliphatic rings. The molecule has 0 fully saturated rings. The molecule has 0 radical (unpaired) electrons. The SMILES string of the molecule is CCSSc1csc(CC)c1. The fourth-order valence-electron chi connectivity index (χ4n) is 0.717. The largest absolute Gasteiger partial charge is 0.148 e. The lowest BCUT2D eigenvalue weighted by molar-refractivity contribution is 1.18. The maximum atomic E-state index is 2.29. The molecule has 0 N–H and O–H groups in total. The van der Waals surface area contributed by atoms with Crippen LogP contribution in [0.15, 0.2) is 16.3 Å². The summed E-state index contributed by atoms with van der Waals surface area (Å²) in [5.41, 5.74) is 0. The van der Waals surface area contributed by atoms with Gasteiger partial charge in [-0.3, -0.25) is 0 Å². The number of thiophene rings is 1. The summed E-state index contributed by atoms with van der Waals surface area (Å²) in [7, 11) is 3.79. The standard InChI is InChI=1S/C8H12S3/c1-3-7-5-8(6-9-7)11-10-4-2/h5-6H,3-4H2,1-2H3. The fourth-order valence-corrected chi connectivity index (χ4v) is 3.49. The first-order chi connectivity index (χ1) is 5.36. The molecule has 1 rings (SSSR count). The monoisotopic (exact) mass is 204 g/mol. The van der Waals surface area contributed by atoms with Crippen LogP contribution in [0, 0.1) is 0 Å². The minimum atomic E-state index is 1.17. The molecule has 0 saturated heterocycles. The van der Waals surface area contributed by atoms with Crippen LogP contribution in [-0.2, 0) is 6.42 Å². The average molecular weight is 204 g/mol. The second-order valence-electron chi connectivity index (χ2n) is 2.09. The van der Waals surface area contributed by atoms with E-state index in [0.29, 0.717) is 0 Å². The molecule has 0 unspecified atom stereocenters. The Morgan fingerprint density at radius 3 is 2.82 bits per heavy atom. The van der Waals surface area contributed by atoms with Crippen molar-refractivity contribution < 1.29 is 0 Å². The van der Waals surface area contributed by atoms with Crippen LogP contribution in [-0.4, -0.2) is 5.75 Å². The second-order valence-corrected chi connectivity index (χ2v) is 5.75. The smallest absolute Gasteiger partial charge is 0.0292 e. The van der Waals surface area contributed by atoms with E-state index in [0.717, 1.165) is 0 Å². The molecule has 0 saturated carbocycles. The highest BCUT2D eigenvalue weighted by Gasteiger charge is 1.97. The van der Waals surface area contributed by atoms with E-state index in [2.05, 4.69) is 25.3 Å². The Morgan fingerprint density at radius 1 is 1.45 bits per heavy atom. The van der Waals surface area contributed by atoms with Crippen molar-refractivity contribution in [2.75, 3.05) is 5.75 Å². The van der Waals surface area contributed by atoms with Crippen molar-refractivity contribution in [1.29, 1.82) is 0 Å². The van der Waals surface area contributed by atoms with Crippen LogP contribution < -0.4 is 0 Å². The van der Waals surface area contributed by atoms with Crippen LogP contribution in [0.1, 0.15) is 18.7 Å². The van der Waals surface area contributed by atoms with Gasteiger partial charge in [0.1, 0.15) is 0 Å². The third kappa shape index (κ3) is 3.09. The predicted molar refractivity (Wildman–Crippen MR) is 57.7 cm³/mol. The molecule has 11 heavy (non-hydrogen) atoms. The molecule has 1 aromatic rings. The van der Waals surface area contributed by atoms with Crippen LogP contribution >= 0.6 is 32.9 Å². The molecule has 0 nitrogen and oxygen atoms in total. The minimum absolute atomic E-state index is 1.17. The summed E-state index contributed by atoms with van der Waals surface area (Å²) in [5.74, 6) is 1.18. The molecule has 0 amide bonds. The summed E-state index contributed by atoms with van der Waals surface area (Å²) in [6.45, 7) is 4.39. The van der Waals surface area contributed by atoms with Gasteiger partial charge in [-0.25, -0.2) is 0 Å². The molecule has 0 aliphatic heterocycles. The Balaban J connectivity index is 2.44. The van der Waals surface area contributed by atoms with Gasteiger partial charge in [0.15, 0.2) is 0 Å². The number of rotatable bonds is 4. The van der Waals surface area contributed by atoms with Crippen LogP contribution in [0.3, 0.4) is 0 Å². The van der Waals surface area contributed by atoms with Crippen molar-refractivity contribution in [1.82, 2.24) is 0 Å². The molecule has 3 heteroatoms. The van der Waals surface area contributed by atoms with Crippen molar-refractivity contribution in [2.45, 2.75) is 25.2 Å². The Labute approximate surface area is 80.2 Å². The summed E-state index contributed by atoms with van der Waals surface area (Å²) in [4.78, 5) is 2.91. The van der Waals surface area contributed by atoms with E-state index < -0.39 is 0 Å². The highest BCUT2D eigenvalue weighted by molar-refractivity contribution is 8.76. The molecule has 0 bridgehead atoms. The zero-order chi connectivity index (χ0) is 8.10. The summed E-state index contributed by atoms with van der Waals surface area (Å²) in [5, 5.41) is 2.24. The van der Waals surface area contributed by atoms with E-state index in [1.54, 1.807) is 0 Å². The van der Waals surface area contributed by atoms with E-state index in [-0.39, 0.29) is 0 Å². The lowest BCUT2D eigenvalue weighted by Crippen LogP contribution is -1.66. The van der Waals surface area contributed by atoms with Gasteiger partial charge in [0, 0.05) is 20.9 Å². The van der Waals surface area contributed by atoms with Gasteiger partial charge in [-0.05, 0) is 12.5 Å². The molecule has 0 aliphatic carbocycles. The Kier molecular flexibility index (Phi) is 4.41. The summed E-state index contributed by atoms with van der Waals surface area (Å²) >= 11 is 1.87. The normalized spacial score (nSPS) is 10.4. The molecule has 62 valence electrons. The molecular weight excluding hydrogens is 192 g/mol. The van der Waals surface area contributed by atoms with Crippen LogP contribution in [0.25, 0.3) is 0 Å². The molecule has 0 spiro atoms. The highest BCUT2D eigenvalue weighted by atomic mass is 33.1. The van der Waals surface area contributed by atoms with E-state index >= 15 is 0 Å². The first kappa shape index (κ1) is 9.49. The van der Waals surface area contributed by atoms with E-state index in [1.807, 2.05) is 32.9 Å². The first-order valence-electron chi connectivity index (χ1n) is 3.73. The van der Waals surface area contributed by atoms with Gasteiger partial charge in [-0.15, -0.1) is 11.3 Å². The van der Waals surface area contributed by atoms with Gasteiger partial charge < -0.3 is 0 Å². The van der Waals surface area contributed by atoms with Gasteiger partial charge in [0.2, 0.25) is 0 Å². The van der Waals surface area contributed by atoms with Gasteiger partial charge in [-0.2, -0.15) is 0 Å². The maximum Gasteiger partial charge on any atom is 0.0292 e. The highest BCUT2D eigenvalue weighted by Crippen LogP contribution is 2.33. The molecule has 0 aromatic carbocycles. The number of aryl methyl sites for hydroxylation is 1. The number of hydrogen-bond donors (Lipinski definition) is 0. The minimum Gasteiger partial charge on any atom is -0.148 e. The third-order valence-corrected chi connectivity index (χ3v) is 4.90. The maximum absolute atomic E-state index is 2.29. The van der Waals surface area contributed by atoms with Crippen molar-refractivity contribution in [3.8, 4) is 0 Å². The Bertz CT molecular complexity index is 205.